The first-order valence-corrected chi connectivity index (χ1v) is 15.6. The van der Waals surface area contributed by atoms with Crippen LogP contribution in [0.5, 0.6) is 0 Å². The van der Waals surface area contributed by atoms with Crippen molar-refractivity contribution in [3.8, 4) is 0 Å². The van der Waals surface area contributed by atoms with Gasteiger partial charge in [0, 0.05) is 24.2 Å². The molecule has 0 spiro atoms. The van der Waals surface area contributed by atoms with Gasteiger partial charge < -0.3 is 9.30 Å². The number of benzene rings is 1. The van der Waals surface area contributed by atoms with Gasteiger partial charge in [0.15, 0.2) is 0 Å². The molecule has 1 saturated carbocycles. The largest absolute Gasteiger partial charge is 0.468 e. The highest BCUT2D eigenvalue weighted by Crippen LogP contribution is 2.47. The van der Waals surface area contributed by atoms with Gasteiger partial charge in [-0.05, 0) is 88.3 Å². The van der Waals surface area contributed by atoms with Crippen LogP contribution in [0, 0.1) is 11.8 Å². The number of ether oxygens (including phenoxy) is 1. The Morgan fingerprint density at radius 1 is 0.895 bits per heavy atom. The first-order valence-electron chi connectivity index (χ1n) is 15.6. The van der Waals surface area contributed by atoms with Crippen molar-refractivity contribution >= 4 is 17.0 Å². The van der Waals surface area contributed by atoms with Crippen molar-refractivity contribution in [2.75, 3.05) is 20.2 Å². The SMILES string of the molecule is CCC1CC(CC)CC(N2C3CCCC2CC(n2c(C4CCCN4CC(=O)OC)nc4ccccc42)C3)C1. The summed E-state index contributed by atoms with van der Waals surface area (Å²) in [4.78, 5) is 22.8. The molecule has 5 unspecified atom stereocenters. The first-order chi connectivity index (χ1) is 18.6. The molecule has 6 heteroatoms. The zero-order valence-corrected chi connectivity index (χ0v) is 23.9. The number of likely N-dealkylation sites (tertiary alicyclic amines) is 1. The third-order valence-corrected chi connectivity index (χ3v) is 10.7. The van der Waals surface area contributed by atoms with E-state index in [1.165, 1.54) is 82.7 Å². The molecule has 1 aliphatic carbocycles. The second-order valence-electron chi connectivity index (χ2n) is 12.8. The molecule has 3 saturated heterocycles. The van der Waals surface area contributed by atoms with Gasteiger partial charge in [-0.2, -0.15) is 0 Å². The number of carbonyl (C=O) groups excluding carboxylic acids is 1. The highest BCUT2D eigenvalue weighted by molar-refractivity contribution is 5.76. The van der Waals surface area contributed by atoms with Gasteiger partial charge in [-0.15, -0.1) is 0 Å². The van der Waals surface area contributed by atoms with Gasteiger partial charge in [-0.3, -0.25) is 14.6 Å². The third-order valence-electron chi connectivity index (χ3n) is 10.7. The van der Waals surface area contributed by atoms with Crippen LogP contribution in [0.15, 0.2) is 24.3 Å². The van der Waals surface area contributed by atoms with E-state index in [1.807, 2.05) is 0 Å². The summed E-state index contributed by atoms with van der Waals surface area (Å²) in [6.07, 6.45) is 15.7. The normalized spacial score (nSPS) is 34.6. The van der Waals surface area contributed by atoms with Crippen LogP contribution in [0.3, 0.4) is 0 Å². The van der Waals surface area contributed by atoms with E-state index in [9.17, 15) is 4.79 Å². The summed E-state index contributed by atoms with van der Waals surface area (Å²) in [5, 5.41) is 0. The highest BCUT2D eigenvalue weighted by Gasteiger charge is 2.45. The Labute approximate surface area is 229 Å². The zero-order valence-electron chi connectivity index (χ0n) is 23.9. The summed E-state index contributed by atoms with van der Waals surface area (Å²) in [5.41, 5.74) is 2.38. The number of hydrogen-bond acceptors (Lipinski definition) is 5. The van der Waals surface area contributed by atoms with Crippen LogP contribution in [-0.2, 0) is 9.53 Å². The monoisotopic (exact) mass is 520 g/mol. The minimum absolute atomic E-state index is 0.148. The molecule has 3 aliphatic heterocycles. The van der Waals surface area contributed by atoms with Gasteiger partial charge in [0.05, 0.1) is 30.7 Å². The van der Waals surface area contributed by atoms with E-state index in [0.29, 0.717) is 24.7 Å². The number of methoxy groups -OCH3 is 1. The van der Waals surface area contributed by atoms with E-state index in [0.717, 1.165) is 42.8 Å². The summed E-state index contributed by atoms with van der Waals surface area (Å²) in [5.74, 6) is 2.85. The molecule has 2 aromatic rings. The molecule has 2 bridgehead atoms. The summed E-state index contributed by atoms with van der Waals surface area (Å²) in [7, 11) is 1.49. The number of carbonyl (C=O) groups is 1. The molecule has 6 rings (SSSR count). The van der Waals surface area contributed by atoms with Crippen LogP contribution in [-0.4, -0.2) is 63.6 Å². The molecule has 1 aromatic carbocycles. The van der Waals surface area contributed by atoms with Crippen LogP contribution < -0.4 is 0 Å². The average molecular weight is 521 g/mol. The number of piperidine rings is 2. The van der Waals surface area contributed by atoms with Crippen molar-refractivity contribution in [3.05, 3.63) is 30.1 Å². The standard InChI is InChI=1S/C32H48N4O2/c1-4-22-16-23(5-2)18-26(17-22)35-24-10-8-11-25(35)20-27(19-24)36-29-13-7-6-12-28(29)33-32(36)30-14-9-15-34(30)21-31(37)38-3/h6-7,12-13,22-27,30H,4-5,8-11,14-21H2,1-3H3. The molecular formula is C32H48N4O2. The number of hydrogen-bond donors (Lipinski definition) is 0. The van der Waals surface area contributed by atoms with E-state index in [4.69, 9.17) is 9.72 Å². The number of aromatic nitrogens is 2. The van der Waals surface area contributed by atoms with Gasteiger partial charge in [0.1, 0.15) is 5.82 Å². The molecule has 38 heavy (non-hydrogen) atoms. The van der Waals surface area contributed by atoms with Gasteiger partial charge in [0.2, 0.25) is 0 Å². The molecule has 1 aromatic heterocycles. The van der Waals surface area contributed by atoms with Crippen molar-refractivity contribution in [3.63, 3.8) is 0 Å². The summed E-state index contributed by atoms with van der Waals surface area (Å²) in [6, 6.07) is 11.5. The lowest BCUT2D eigenvalue weighted by Crippen LogP contribution is -2.58. The van der Waals surface area contributed by atoms with Gasteiger partial charge in [-0.25, -0.2) is 4.98 Å². The molecule has 4 aliphatic rings. The van der Waals surface area contributed by atoms with E-state index in [1.54, 1.807) is 0 Å². The fraction of sp³-hybridized carbons (Fsp3) is 0.750. The van der Waals surface area contributed by atoms with E-state index >= 15 is 0 Å². The molecule has 208 valence electrons. The van der Waals surface area contributed by atoms with Crippen molar-refractivity contribution in [1.29, 1.82) is 0 Å². The number of para-hydroxylation sites is 2. The molecule has 5 atom stereocenters. The maximum absolute atomic E-state index is 12.2. The van der Waals surface area contributed by atoms with Gasteiger partial charge in [-0.1, -0.05) is 45.2 Å². The van der Waals surface area contributed by atoms with Crippen LogP contribution in [0.25, 0.3) is 11.0 Å². The number of nitrogens with zero attached hydrogens (tertiary/aromatic N) is 4. The van der Waals surface area contributed by atoms with Crippen LogP contribution in [0.4, 0.5) is 0 Å². The quantitative estimate of drug-likeness (QED) is 0.390. The number of imidazole rings is 1. The molecule has 4 heterocycles. The fourth-order valence-corrected chi connectivity index (χ4v) is 8.86. The van der Waals surface area contributed by atoms with Crippen LogP contribution in [0.2, 0.25) is 0 Å². The molecular weight excluding hydrogens is 472 g/mol. The number of esters is 1. The summed E-state index contributed by atoms with van der Waals surface area (Å²) >= 11 is 0. The minimum Gasteiger partial charge on any atom is -0.468 e. The summed E-state index contributed by atoms with van der Waals surface area (Å²) in [6.45, 7) is 6.11. The van der Waals surface area contributed by atoms with Crippen molar-refractivity contribution < 1.29 is 9.53 Å². The molecule has 6 nitrogen and oxygen atoms in total. The Kier molecular flexibility index (Phi) is 7.82. The predicted octanol–water partition coefficient (Wildman–Crippen LogP) is 6.51. The van der Waals surface area contributed by atoms with Crippen LogP contribution >= 0.6 is 0 Å². The predicted molar refractivity (Wildman–Crippen MR) is 152 cm³/mol. The lowest BCUT2D eigenvalue weighted by molar-refractivity contribution is -0.142. The lowest BCUT2D eigenvalue weighted by Gasteiger charge is -2.55. The van der Waals surface area contributed by atoms with Crippen molar-refractivity contribution in [1.82, 2.24) is 19.4 Å². The lowest BCUT2D eigenvalue weighted by atomic mass is 9.72. The van der Waals surface area contributed by atoms with E-state index < -0.39 is 0 Å². The Morgan fingerprint density at radius 3 is 2.29 bits per heavy atom. The Balaban J connectivity index is 1.30. The van der Waals surface area contributed by atoms with Gasteiger partial charge in [0.25, 0.3) is 0 Å². The van der Waals surface area contributed by atoms with Crippen molar-refractivity contribution in [2.24, 2.45) is 11.8 Å². The van der Waals surface area contributed by atoms with E-state index in [2.05, 4.69) is 52.5 Å². The molecule has 0 amide bonds. The second kappa shape index (κ2) is 11.3. The first kappa shape index (κ1) is 26.3. The molecule has 4 fully saturated rings. The topological polar surface area (TPSA) is 50.6 Å². The number of rotatable bonds is 7. The molecule has 0 N–H and O–H groups in total. The molecule has 0 radical (unpaired) electrons. The number of fused-ring (bicyclic) bond motifs is 3. The second-order valence-corrected chi connectivity index (χ2v) is 12.8. The third kappa shape index (κ3) is 4.92. The highest BCUT2D eigenvalue weighted by atomic mass is 16.5. The Bertz CT molecular complexity index is 1090. The Hall–Kier alpha value is -1.92. The fourth-order valence-electron chi connectivity index (χ4n) is 8.86. The zero-order chi connectivity index (χ0) is 26.2. The Morgan fingerprint density at radius 2 is 1.61 bits per heavy atom. The van der Waals surface area contributed by atoms with E-state index in [-0.39, 0.29) is 12.0 Å². The maximum Gasteiger partial charge on any atom is 0.319 e. The smallest absolute Gasteiger partial charge is 0.319 e. The van der Waals surface area contributed by atoms with Crippen molar-refractivity contribution in [2.45, 2.75) is 121 Å². The van der Waals surface area contributed by atoms with Gasteiger partial charge >= 0.3 is 5.97 Å². The maximum atomic E-state index is 12.2. The summed E-state index contributed by atoms with van der Waals surface area (Å²) < 4.78 is 7.67. The minimum atomic E-state index is -0.148. The van der Waals surface area contributed by atoms with Crippen LogP contribution in [0.1, 0.15) is 109 Å². The average Bonchev–Trinajstić information content (AvgIpc) is 3.56.